The van der Waals surface area contributed by atoms with Crippen LogP contribution in [0.2, 0.25) is 0 Å². The number of hydrogen-bond acceptors (Lipinski definition) is 5. The largest absolute Gasteiger partial charge is 0.480 e. The molecule has 0 aromatic heterocycles. The summed E-state index contributed by atoms with van der Waals surface area (Å²) < 4.78 is 0. The van der Waals surface area contributed by atoms with Gasteiger partial charge >= 0.3 is 5.97 Å². The van der Waals surface area contributed by atoms with Gasteiger partial charge in [-0.2, -0.15) is 0 Å². The third-order valence-corrected chi connectivity index (χ3v) is 6.29. The van der Waals surface area contributed by atoms with Crippen molar-refractivity contribution in [2.45, 2.75) is 97.8 Å². The van der Waals surface area contributed by atoms with E-state index in [0.717, 1.165) is 19.4 Å². The standard InChI is InChI=1S/C23H42N4O5/c1-7-14(5)18(26-20(28)16-10-9-11-24-16)22(30)25-17(12-13(3)4)21(29)27-19(23(31)32)15(6)8-2/h13-19,24H,7-12H2,1-6H3,(H,25,30)(H,26,28)(H,27,29)(H,31,32). The Labute approximate surface area is 191 Å². The van der Waals surface area contributed by atoms with Gasteiger partial charge in [0.1, 0.15) is 18.1 Å². The summed E-state index contributed by atoms with van der Waals surface area (Å²) in [6.07, 6.45) is 3.26. The van der Waals surface area contributed by atoms with Crippen LogP contribution in [0, 0.1) is 17.8 Å². The number of carboxylic acid groups (broad SMARTS) is 1. The van der Waals surface area contributed by atoms with Gasteiger partial charge < -0.3 is 26.4 Å². The molecular formula is C23H42N4O5. The normalized spacial score (nSPS) is 20.7. The van der Waals surface area contributed by atoms with Crippen LogP contribution in [0.15, 0.2) is 0 Å². The molecule has 6 atom stereocenters. The van der Waals surface area contributed by atoms with Crippen LogP contribution in [0.5, 0.6) is 0 Å². The maximum atomic E-state index is 13.2. The molecule has 32 heavy (non-hydrogen) atoms. The van der Waals surface area contributed by atoms with E-state index < -0.39 is 35.9 Å². The number of carboxylic acids is 1. The highest BCUT2D eigenvalue weighted by Gasteiger charge is 2.34. The molecule has 1 aliphatic rings. The number of rotatable bonds is 13. The van der Waals surface area contributed by atoms with Gasteiger partial charge in [-0.15, -0.1) is 0 Å². The van der Waals surface area contributed by atoms with Gasteiger partial charge in [0.25, 0.3) is 0 Å². The fraction of sp³-hybridized carbons (Fsp3) is 0.826. The Morgan fingerprint density at radius 3 is 1.97 bits per heavy atom. The SMILES string of the molecule is CCC(C)C(NC(=O)C(CC(C)C)NC(=O)C(NC(=O)C1CCCN1)C(C)CC)C(=O)O. The first-order valence-electron chi connectivity index (χ1n) is 11.9. The average molecular weight is 455 g/mol. The number of carbonyl (C=O) groups is 4. The Bertz CT molecular complexity index is 648. The fourth-order valence-electron chi connectivity index (χ4n) is 3.77. The van der Waals surface area contributed by atoms with E-state index in [1.807, 2.05) is 34.6 Å². The Morgan fingerprint density at radius 2 is 1.50 bits per heavy atom. The molecule has 3 amide bonds. The Hall–Kier alpha value is -2.16. The van der Waals surface area contributed by atoms with Crippen LogP contribution in [-0.2, 0) is 19.2 Å². The van der Waals surface area contributed by atoms with Crippen LogP contribution in [-0.4, -0.2) is 59.5 Å². The highest BCUT2D eigenvalue weighted by molar-refractivity contribution is 5.94. The van der Waals surface area contributed by atoms with E-state index in [0.29, 0.717) is 19.3 Å². The minimum absolute atomic E-state index is 0.0947. The molecular weight excluding hydrogens is 412 g/mol. The summed E-state index contributed by atoms with van der Waals surface area (Å²) in [6, 6.07) is -3.00. The zero-order valence-electron chi connectivity index (χ0n) is 20.4. The second kappa shape index (κ2) is 13.4. The van der Waals surface area contributed by atoms with Gasteiger partial charge in [-0.3, -0.25) is 14.4 Å². The van der Waals surface area contributed by atoms with Crippen molar-refractivity contribution in [1.82, 2.24) is 21.3 Å². The van der Waals surface area contributed by atoms with Crippen LogP contribution < -0.4 is 21.3 Å². The number of carbonyl (C=O) groups excluding carboxylic acids is 3. The van der Waals surface area contributed by atoms with Crippen molar-refractivity contribution in [3.63, 3.8) is 0 Å². The van der Waals surface area contributed by atoms with Crippen molar-refractivity contribution in [3.8, 4) is 0 Å². The molecule has 0 aromatic rings. The monoisotopic (exact) mass is 454 g/mol. The van der Waals surface area contributed by atoms with Crippen molar-refractivity contribution < 1.29 is 24.3 Å². The first kappa shape index (κ1) is 27.9. The van der Waals surface area contributed by atoms with Crippen molar-refractivity contribution in [2.75, 3.05) is 6.54 Å². The second-order valence-electron chi connectivity index (χ2n) is 9.42. The van der Waals surface area contributed by atoms with Crippen molar-refractivity contribution in [2.24, 2.45) is 17.8 Å². The predicted octanol–water partition coefficient (Wildman–Crippen LogP) is 1.42. The van der Waals surface area contributed by atoms with Gasteiger partial charge in [0, 0.05) is 0 Å². The summed E-state index contributed by atoms with van der Waals surface area (Å²) in [5.74, 6) is -2.55. The quantitative estimate of drug-likeness (QED) is 0.285. The molecule has 9 nitrogen and oxygen atoms in total. The average Bonchev–Trinajstić information content (AvgIpc) is 3.28. The fourth-order valence-corrected chi connectivity index (χ4v) is 3.77. The lowest BCUT2D eigenvalue weighted by Gasteiger charge is -2.29. The lowest BCUT2D eigenvalue weighted by molar-refractivity contribution is -0.144. The molecule has 1 fully saturated rings. The molecule has 1 aliphatic heterocycles. The molecule has 0 saturated carbocycles. The number of amides is 3. The van der Waals surface area contributed by atoms with Gasteiger partial charge in [0.15, 0.2) is 0 Å². The molecule has 1 rings (SSSR count). The van der Waals surface area contributed by atoms with Gasteiger partial charge in [-0.1, -0.05) is 54.4 Å². The third kappa shape index (κ3) is 8.41. The molecule has 184 valence electrons. The highest BCUT2D eigenvalue weighted by Crippen LogP contribution is 2.14. The second-order valence-corrected chi connectivity index (χ2v) is 9.42. The van der Waals surface area contributed by atoms with E-state index in [1.165, 1.54) is 0 Å². The van der Waals surface area contributed by atoms with E-state index in [-0.39, 0.29) is 29.7 Å². The Balaban J connectivity index is 2.96. The van der Waals surface area contributed by atoms with Gasteiger partial charge in [0.2, 0.25) is 17.7 Å². The van der Waals surface area contributed by atoms with Crippen molar-refractivity contribution in [1.29, 1.82) is 0 Å². The number of aliphatic carboxylic acids is 1. The molecule has 0 aliphatic carbocycles. The van der Waals surface area contributed by atoms with Gasteiger partial charge in [0.05, 0.1) is 6.04 Å². The zero-order chi connectivity index (χ0) is 24.4. The predicted molar refractivity (Wildman–Crippen MR) is 123 cm³/mol. The summed E-state index contributed by atoms with van der Waals surface area (Å²) in [7, 11) is 0. The van der Waals surface area contributed by atoms with E-state index in [4.69, 9.17) is 0 Å². The molecule has 0 radical (unpaired) electrons. The first-order chi connectivity index (χ1) is 15.0. The Morgan fingerprint density at radius 1 is 0.906 bits per heavy atom. The molecule has 6 unspecified atom stereocenters. The molecule has 0 spiro atoms. The summed E-state index contributed by atoms with van der Waals surface area (Å²) in [6.45, 7) is 12.1. The van der Waals surface area contributed by atoms with Gasteiger partial charge in [-0.25, -0.2) is 4.79 Å². The van der Waals surface area contributed by atoms with Crippen LogP contribution >= 0.6 is 0 Å². The molecule has 1 heterocycles. The molecule has 0 bridgehead atoms. The minimum atomic E-state index is -1.10. The summed E-state index contributed by atoms with van der Waals surface area (Å²) in [5, 5.41) is 20.9. The smallest absolute Gasteiger partial charge is 0.326 e. The molecule has 0 aromatic carbocycles. The summed E-state index contributed by atoms with van der Waals surface area (Å²) in [5.41, 5.74) is 0. The van der Waals surface area contributed by atoms with Crippen LogP contribution in [0.3, 0.4) is 0 Å². The lowest BCUT2D eigenvalue weighted by Crippen LogP contribution is -2.59. The van der Waals surface area contributed by atoms with E-state index in [9.17, 15) is 24.3 Å². The van der Waals surface area contributed by atoms with E-state index in [2.05, 4.69) is 21.3 Å². The van der Waals surface area contributed by atoms with E-state index >= 15 is 0 Å². The lowest BCUT2D eigenvalue weighted by atomic mass is 9.95. The van der Waals surface area contributed by atoms with Crippen LogP contribution in [0.25, 0.3) is 0 Å². The van der Waals surface area contributed by atoms with Crippen LogP contribution in [0.4, 0.5) is 0 Å². The Kier molecular flexibility index (Phi) is 11.7. The maximum absolute atomic E-state index is 13.2. The molecule has 9 heteroatoms. The van der Waals surface area contributed by atoms with Crippen molar-refractivity contribution >= 4 is 23.7 Å². The van der Waals surface area contributed by atoms with Gasteiger partial charge in [-0.05, 0) is 43.6 Å². The topological polar surface area (TPSA) is 137 Å². The summed E-state index contributed by atoms with van der Waals surface area (Å²) in [4.78, 5) is 50.4. The maximum Gasteiger partial charge on any atom is 0.326 e. The van der Waals surface area contributed by atoms with E-state index in [1.54, 1.807) is 6.92 Å². The zero-order valence-corrected chi connectivity index (χ0v) is 20.4. The molecule has 5 N–H and O–H groups in total. The number of nitrogens with one attached hydrogen (secondary N) is 4. The first-order valence-corrected chi connectivity index (χ1v) is 11.9. The van der Waals surface area contributed by atoms with Crippen molar-refractivity contribution in [3.05, 3.63) is 0 Å². The third-order valence-electron chi connectivity index (χ3n) is 6.29. The molecule has 1 saturated heterocycles. The highest BCUT2D eigenvalue weighted by atomic mass is 16.4. The number of hydrogen-bond donors (Lipinski definition) is 5. The minimum Gasteiger partial charge on any atom is -0.480 e. The summed E-state index contributed by atoms with van der Waals surface area (Å²) >= 11 is 0. The van der Waals surface area contributed by atoms with Crippen LogP contribution in [0.1, 0.15) is 73.6 Å².